The minimum Gasteiger partial charge on any atom is -0.356 e. The lowest BCUT2D eigenvalue weighted by Gasteiger charge is -2.08. The van der Waals surface area contributed by atoms with Gasteiger partial charge in [-0.05, 0) is 48.5 Å². The molecule has 3 N–H and O–H groups in total. The molecule has 120 valence electrons. The SMILES string of the molecule is CC(=O)c1ccc(C(=O)Nc2ccc(Nc3ccccc3)cc2)[nH]1. The maximum Gasteiger partial charge on any atom is 0.272 e. The highest BCUT2D eigenvalue weighted by Gasteiger charge is 2.10. The Labute approximate surface area is 139 Å². The zero-order valence-corrected chi connectivity index (χ0v) is 13.2. The Bertz CT molecular complexity index is 852. The molecule has 0 atom stereocenters. The largest absolute Gasteiger partial charge is 0.356 e. The van der Waals surface area contributed by atoms with Crippen LogP contribution in [0.1, 0.15) is 27.9 Å². The number of benzene rings is 2. The van der Waals surface area contributed by atoms with Crippen LogP contribution in [-0.4, -0.2) is 16.7 Å². The molecule has 3 aromatic rings. The molecule has 0 saturated carbocycles. The number of H-pyrrole nitrogens is 1. The zero-order chi connectivity index (χ0) is 16.9. The number of carbonyl (C=O) groups is 2. The van der Waals surface area contributed by atoms with Crippen molar-refractivity contribution in [2.75, 3.05) is 10.6 Å². The first-order valence-electron chi connectivity index (χ1n) is 7.55. The topological polar surface area (TPSA) is 74.0 Å². The Kier molecular flexibility index (Phi) is 4.43. The molecular weight excluding hydrogens is 302 g/mol. The minimum atomic E-state index is -0.286. The summed E-state index contributed by atoms with van der Waals surface area (Å²) in [5.74, 6) is -0.392. The Hall–Kier alpha value is -3.34. The summed E-state index contributed by atoms with van der Waals surface area (Å²) < 4.78 is 0. The Morgan fingerprint density at radius 2 is 1.33 bits per heavy atom. The molecule has 0 aliphatic carbocycles. The Morgan fingerprint density at radius 1 is 0.750 bits per heavy atom. The third-order valence-corrected chi connectivity index (χ3v) is 3.52. The molecule has 0 spiro atoms. The lowest BCUT2D eigenvalue weighted by atomic mass is 10.2. The van der Waals surface area contributed by atoms with E-state index in [9.17, 15) is 9.59 Å². The van der Waals surface area contributed by atoms with Crippen molar-refractivity contribution in [2.24, 2.45) is 0 Å². The molecule has 1 heterocycles. The average molecular weight is 319 g/mol. The summed E-state index contributed by atoms with van der Waals surface area (Å²) in [6.45, 7) is 1.45. The average Bonchev–Trinajstić information content (AvgIpc) is 3.08. The van der Waals surface area contributed by atoms with Crippen LogP contribution in [0.15, 0.2) is 66.7 Å². The number of aromatic nitrogens is 1. The summed E-state index contributed by atoms with van der Waals surface area (Å²) in [4.78, 5) is 26.2. The predicted octanol–water partition coefficient (Wildman–Crippen LogP) is 4.21. The fraction of sp³-hybridized carbons (Fsp3) is 0.0526. The molecule has 5 nitrogen and oxygen atoms in total. The second-order valence-corrected chi connectivity index (χ2v) is 5.36. The molecule has 5 heteroatoms. The van der Waals surface area contributed by atoms with Gasteiger partial charge in [0.2, 0.25) is 0 Å². The van der Waals surface area contributed by atoms with E-state index < -0.39 is 0 Å². The number of carbonyl (C=O) groups excluding carboxylic acids is 2. The van der Waals surface area contributed by atoms with Gasteiger partial charge in [0.05, 0.1) is 5.69 Å². The number of nitrogens with one attached hydrogen (secondary N) is 3. The van der Waals surface area contributed by atoms with Gasteiger partial charge in [0.1, 0.15) is 5.69 Å². The smallest absolute Gasteiger partial charge is 0.272 e. The highest BCUT2D eigenvalue weighted by molar-refractivity contribution is 6.04. The minimum absolute atomic E-state index is 0.106. The van der Waals surface area contributed by atoms with E-state index in [4.69, 9.17) is 0 Å². The predicted molar refractivity (Wildman–Crippen MR) is 94.9 cm³/mol. The van der Waals surface area contributed by atoms with Gasteiger partial charge in [-0.3, -0.25) is 9.59 Å². The van der Waals surface area contributed by atoms with Crippen molar-refractivity contribution < 1.29 is 9.59 Å². The zero-order valence-electron chi connectivity index (χ0n) is 13.2. The number of Topliss-reactive ketones (excluding diaryl/α,β-unsaturated/α-hetero) is 1. The van der Waals surface area contributed by atoms with E-state index in [0.717, 1.165) is 11.4 Å². The third kappa shape index (κ3) is 3.70. The molecule has 0 aliphatic rings. The number of ketones is 1. The number of hydrogen-bond donors (Lipinski definition) is 3. The normalized spacial score (nSPS) is 10.2. The quantitative estimate of drug-likeness (QED) is 0.617. The molecule has 1 amide bonds. The van der Waals surface area contributed by atoms with Gasteiger partial charge in [-0.1, -0.05) is 18.2 Å². The van der Waals surface area contributed by atoms with E-state index in [1.165, 1.54) is 6.92 Å². The van der Waals surface area contributed by atoms with Crippen molar-refractivity contribution in [3.8, 4) is 0 Å². The maximum absolute atomic E-state index is 12.2. The maximum atomic E-state index is 12.2. The van der Waals surface area contributed by atoms with Crippen molar-refractivity contribution in [3.05, 3.63) is 78.1 Å². The van der Waals surface area contributed by atoms with Crippen LogP contribution in [0, 0.1) is 0 Å². The molecule has 2 aromatic carbocycles. The summed E-state index contributed by atoms with van der Waals surface area (Å²) in [6, 6.07) is 20.4. The van der Waals surface area contributed by atoms with E-state index in [1.807, 2.05) is 54.6 Å². The van der Waals surface area contributed by atoms with Crippen molar-refractivity contribution in [1.29, 1.82) is 0 Å². The van der Waals surface area contributed by atoms with Gasteiger partial charge in [-0.2, -0.15) is 0 Å². The van der Waals surface area contributed by atoms with Crippen LogP contribution < -0.4 is 10.6 Å². The standard InChI is InChI=1S/C19H17N3O2/c1-13(23)17-11-12-18(22-17)19(24)21-16-9-7-15(8-10-16)20-14-5-3-2-4-6-14/h2-12,20,22H,1H3,(H,21,24). The lowest BCUT2D eigenvalue weighted by Crippen LogP contribution is -2.12. The van der Waals surface area contributed by atoms with E-state index >= 15 is 0 Å². The van der Waals surface area contributed by atoms with Crippen LogP contribution >= 0.6 is 0 Å². The highest BCUT2D eigenvalue weighted by Crippen LogP contribution is 2.19. The van der Waals surface area contributed by atoms with Crippen molar-refractivity contribution >= 4 is 28.8 Å². The second-order valence-electron chi connectivity index (χ2n) is 5.36. The first-order chi connectivity index (χ1) is 11.6. The summed E-state index contributed by atoms with van der Waals surface area (Å²) in [5, 5.41) is 6.07. The number of amides is 1. The van der Waals surface area contributed by atoms with Gasteiger partial charge in [-0.25, -0.2) is 0 Å². The summed E-state index contributed by atoms with van der Waals surface area (Å²) in [7, 11) is 0. The van der Waals surface area contributed by atoms with E-state index in [0.29, 0.717) is 17.1 Å². The summed E-state index contributed by atoms with van der Waals surface area (Å²) in [6.07, 6.45) is 0. The number of rotatable bonds is 5. The van der Waals surface area contributed by atoms with Gasteiger partial charge >= 0.3 is 0 Å². The molecule has 0 aliphatic heterocycles. The first kappa shape index (κ1) is 15.6. The molecule has 1 aromatic heterocycles. The van der Waals surface area contributed by atoms with Gasteiger partial charge in [0, 0.05) is 24.0 Å². The van der Waals surface area contributed by atoms with Crippen LogP contribution in [-0.2, 0) is 0 Å². The van der Waals surface area contributed by atoms with Crippen molar-refractivity contribution in [2.45, 2.75) is 6.92 Å². The van der Waals surface area contributed by atoms with Crippen LogP contribution in [0.25, 0.3) is 0 Å². The second kappa shape index (κ2) is 6.83. The molecule has 24 heavy (non-hydrogen) atoms. The molecule has 0 radical (unpaired) electrons. The number of anilines is 3. The molecule has 0 saturated heterocycles. The molecule has 0 bridgehead atoms. The van der Waals surface area contributed by atoms with Gasteiger partial charge in [0.25, 0.3) is 5.91 Å². The van der Waals surface area contributed by atoms with Gasteiger partial charge in [0.15, 0.2) is 5.78 Å². The summed E-state index contributed by atoms with van der Waals surface area (Å²) >= 11 is 0. The molecule has 0 unspecified atom stereocenters. The van der Waals surface area contributed by atoms with Crippen molar-refractivity contribution in [3.63, 3.8) is 0 Å². The van der Waals surface area contributed by atoms with Crippen molar-refractivity contribution in [1.82, 2.24) is 4.98 Å². The molecule has 3 rings (SSSR count). The van der Waals surface area contributed by atoms with E-state index in [-0.39, 0.29) is 11.7 Å². The molecular formula is C19H17N3O2. The monoisotopic (exact) mass is 319 g/mol. The highest BCUT2D eigenvalue weighted by atomic mass is 16.2. The fourth-order valence-electron chi connectivity index (χ4n) is 2.26. The Balaban J connectivity index is 1.65. The number of para-hydroxylation sites is 1. The Morgan fingerprint density at radius 3 is 1.96 bits per heavy atom. The van der Waals surface area contributed by atoms with Gasteiger partial charge < -0.3 is 15.6 Å². The van der Waals surface area contributed by atoms with Crippen LogP contribution in [0.3, 0.4) is 0 Å². The van der Waals surface area contributed by atoms with Crippen LogP contribution in [0.5, 0.6) is 0 Å². The van der Waals surface area contributed by atoms with Gasteiger partial charge in [-0.15, -0.1) is 0 Å². The van der Waals surface area contributed by atoms with E-state index in [2.05, 4.69) is 15.6 Å². The summed E-state index contributed by atoms with van der Waals surface area (Å²) in [5.41, 5.74) is 3.38. The lowest BCUT2D eigenvalue weighted by molar-refractivity contribution is 0.101. The fourth-order valence-corrected chi connectivity index (χ4v) is 2.26. The number of aromatic amines is 1. The first-order valence-corrected chi connectivity index (χ1v) is 7.55. The molecule has 0 fully saturated rings. The van der Waals surface area contributed by atoms with Crippen LogP contribution in [0.4, 0.5) is 17.1 Å². The van der Waals surface area contributed by atoms with E-state index in [1.54, 1.807) is 12.1 Å². The van der Waals surface area contributed by atoms with Crippen LogP contribution in [0.2, 0.25) is 0 Å². The number of hydrogen-bond acceptors (Lipinski definition) is 3. The third-order valence-electron chi connectivity index (χ3n) is 3.52.